The second-order valence-electron chi connectivity index (χ2n) is 7.97. The summed E-state index contributed by atoms with van der Waals surface area (Å²) in [5, 5.41) is 7.67. The third-order valence-electron chi connectivity index (χ3n) is 6.87. The van der Waals surface area contributed by atoms with Crippen LogP contribution in [0.1, 0.15) is 38.8 Å². The third-order valence-corrected chi connectivity index (χ3v) is 14.7. The summed E-state index contributed by atoms with van der Waals surface area (Å²) in [6.45, 7) is 12.1. The van der Waals surface area contributed by atoms with E-state index in [0.717, 1.165) is 11.1 Å². The van der Waals surface area contributed by atoms with Gasteiger partial charge in [-0.15, -0.1) is 0 Å². The van der Waals surface area contributed by atoms with Crippen molar-refractivity contribution >= 4 is 29.0 Å². The van der Waals surface area contributed by atoms with Crippen molar-refractivity contribution in [2.24, 2.45) is 0 Å². The Balaban J connectivity index is 1.82. The normalized spacial score (nSPS) is 22.8. The lowest BCUT2D eigenvalue weighted by Gasteiger charge is -2.36. The summed E-state index contributed by atoms with van der Waals surface area (Å²) in [4.78, 5) is 0. The van der Waals surface area contributed by atoms with E-state index < -0.39 is 17.6 Å². The van der Waals surface area contributed by atoms with Gasteiger partial charge in [0.15, 0.2) is 0 Å². The molecule has 134 valence electrons. The van der Waals surface area contributed by atoms with Crippen molar-refractivity contribution < 1.29 is 0 Å². The Bertz CT molecular complexity index is 553. The van der Waals surface area contributed by atoms with Gasteiger partial charge in [0.1, 0.15) is 0 Å². The molecular weight excluding hydrogens is 324 g/mol. The molecule has 2 nitrogen and oxygen atoms in total. The molecule has 0 fully saturated rings. The monoisotopic (exact) mass is 360 g/mol. The molecule has 3 rings (SSSR count). The number of nitrogens with one attached hydrogen (secondary N) is 2. The van der Waals surface area contributed by atoms with Crippen LogP contribution in [0.15, 0.2) is 12.1 Å². The molecule has 0 bridgehead atoms. The predicted molar refractivity (Wildman–Crippen MR) is 115 cm³/mol. The summed E-state index contributed by atoms with van der Waals surface area (Å²) in [7, 11) is -1.17. The van der Waals surface area contributed by atoms with Crippen molar-refractivity contribution in [1.82, 2.24) is 0 Å². The molecule has 0 unspecified atom stereocenters. The lowest BCUT2D eigenvalue weighted by Crippen LogP contribution is -2.34. The molecule has 0 amide bonds. The molecule has 1 aromatic carbocycles. The molecule has 24 heavy (non-hydrogen) atoms. The molecule has 0 aromatic heterocycles. The molecule has 0 spiro atoms. The van der Waals surface area contributed by atoms with Gasteiger partial charge in [0.05, 0.1) is 0 Å². The van der Waals surface area contributed by atoms with Crippen LogP contribution in [0.25, 0.3) is 0 Å². The fourth-order valence-corrected chi connectivity index (χ4v) is 11.1. The second kappa shape index (κ2) is 8.09. The lowest BCUT2D eigenvalue weighted by molar-refractivity contribution is 0.766. The van der Waals surface area contributed by atoms with Gasteiger partial charge in [-0.1, -0.05) is 57.9 Å². The number of fused-ring (bicyclic) bond motifs is 3. The summed E-state index contributed by atoms with van der Waals surface area (Å²) in [5.41, 5.74) is 8.04. The average Bonchev–Trinajstić information content (AvgIpc) is 2.63. The first-order valence-electron chi connectivity index (χ1n) is 10.3. The maximum atomic E-state index is 3.90. The van der Waals surface area contributed by atoms with E-state index >= 15 is 0 Å². The van der Waals surface area contributed by atoms with Gasteiger partial charge < -0.3 is 10.6 Å². The van der Waals surface area contributed by atoms with Crippen LogP contribution in [0.2, 0.25) is 35.3 Å². The van der Waals surface area contributed by atoms with Crippen molar-refractivity contribution in [2.75, 3.05) is 23.7 Å². The molecule has 0 saturated carbocycles. The fraction of sp³-hybridized carbons (Fsp3) is 0.700. The fourth-order valence-electron chi connectivity index (χ4n) is 5.20. The van der Waals surface area contributed by atoms with Gasteiger partial charge in [-0.25, -0.2) is 0 Å². The SMILES string of the molecule is CC[SiH](CC)[C@H]1CNc2c(ccc3c2C[C@@H]([SiH](CC)CC)CN3)C1. The highest BCUT2D eigenvalue weighted by atomic mass is 28.3. The van der Waals surface area contributed by atoms with Gasteiger partial charge in [-0.05, 0) is 41.1 Å². The molecule has 0 radical (unpaired) electrons. The Hall–Kier alpha value is -0.746. The predicted octanol–water partition coefficient (Wildman–Crippen LogP) is 4.90. The Morgan fingerprint density at radius 3 is 2.04 bits per heavy atom. The van der Waals surface area contributed by atoms with Crippen LogP contribution in [-0.4, -0.2) is 30.7 Å². The van der Waals surface area contributed by atoms with Gasteiger partial charge in [0.2, 0.25) is 0 Å². The zero-order valence-electron chi connectivity index (χ0n) is 16.1. The number of hydrogen-bond donors (Lipinski definition) is 2. The quantitative estimate of drug-likeness (QED) is 0.705. The highest BCUT2D eigenvalue weighted by Gasteiger charge is 2.31. The van der Waals surface area contributed by atoms with Crippen molar-refractivity contribution in [3.8, 4) is 0 Å². The minimum Gasteiger partial charge on any atom is -0.385 e. The zero-order valence-corrected chi connectivity index (χ0v) is 18.4. The molecule has 2 aliphatic rings. The van der Waals surface area contributed by atoms with Crippen molar-refractivity contribution in [1.29, 1.82) is 0 Å². The number of rotatable bonds is 6. The number of benzene rings is 1. The molecule has 2 atom stereocenters. The number of anilines is 2. The highest BCUT2D eigenvalue weighted by Crippen LogP contribution is 2.41. The van der Waals surface area contributed by atoms with E-state index in [1.54, 1.807) is 11.1 Å². The summed E-state index contributed by atoms with van der Waals surface area (Å²) in [6.07, 6.45) is 2.66. The standard InChI is InChI=1S/C20H36N2Si2/c1-5-23(6-2)16-11-15-9-10-19-18(20(15)22-14-16)12-17(13-21-19)24(7-3)8-4/h9-10,16-17,21-24H,5-8,11-14H2,1-4H3/t16-,17-/m1/s1. The molecular formula is C20H36N2Si2. The van der Waals surface area contributed by atoms with Gasteiger partial charge in [-0.3, -0.25) is 0 Å². The minimum atomic E-state index is -0.593. The molecule has 0 aliphatic carbocycles. The number of hydrogen-bond acceptors (Lipinski definition) is 2. The summed E-state index contributed by atoms with van der Waals surface area (Å²) in [5.74, 6) is 0. The average molecular weight is 361 g/mol. The zero-order chi connectivity index (χ0) is 17.1. The Labute approximate surface area is 152 Å². The molecule has 2 aliphatic heterocycles. The van der Waals surface area contributed by atoms with Crippen molar-refractivity contribution in [2.45, 2.75) is 75.8 Å². The minimum absolute atomic E-state index is 0.573. The smallest absolute Gasteiger partial charge is 0.0426 e. The summed E-state index contributed by atoms with van der Waals surface area (Å²) >= 11 is 0. The molecule has 2 N–H and O–H groups in total. The Kier molecular flexibility index (Phi) is 6.09. The van der Waals surface area contributed by atoms with E-state index in [9.17, 15) is 0 Å². The van der Waals surface area contributed by atoms with Gasteiger partial charge >= 0.3 is 0 Å². The van der Waals surface area contributed by atoms with Gasteiger partial charge in [-0.2, -0.15) is 0 Å². The van der Waals surface area contributed by atoms with E-state index in [1.165, 1.54) is 61.5 Å². The van der Waals surface area contributed by atoms with Gasteiger partial charge in [0, 0.05) is 42.1 Å². The first kappa shape index (κ1) is 18.1. The topological polar surface area (TPSA) is 24.1 Å². The van der Waals surface area contributed by atoms with Crippen molar-refractivity contribution in [3.05, 3.63) is 23.3 Å². The van der Waals surface area contributed by atoms with Gasteiger partial charge in [0.25, 0.3) is 0 Å². The summed E-state index contributed by atoms with van der Waals surface area (Å²) in [6, 6.07) is 10.6. The van der Waals surface area contributed by atoms with E-state index in [2.05, 4.69) is 50.5 Å². The van der Waals surface area contributed by atoms with E-state index in [0.29, 0.717) is 0 Å². The van der Waals surface area contributed by atoms with E-state index in [1.807, 2.05) is 0 Å². The molecule has 2 heterocycles. The van der Waals surface area contributed by atoms with E-state index in [4.69, 9.17) is 0 Å². The van der Waals surface area contributed by atoms with Crippen LogP contribution >= 0.6 is 0 Å². The largest absolute Gasteiger partial charge is 0.385 e. The van der Waals surface area contributed by atoms with Crippen molar-refractivity contribution in [3.63, 3.8) is 0 Å². The maximum Gasteiger partial charge on any atom is 0.0426 e. The highest BCUT2D eigenvalue weighted by molar-refractivity contribution is 6.61. The van der Waals surface area contributed by atoms with Crippen LogP contribution < -0.4 is 10.6 Å². The summed E-state index contributed by atoms with van der Waals surface area (Å²) < 4.78 is 0. The van der Waals surface area contributed by atoms with Crippen LogP contribution in [0, 0.1) is 0 Å². The molecule has 0 saturated heterocycles. The Morgan fingerprint density at radius 1 is 0.833 bits per heavy atom. The third kappa shape index (κ3) is 3.45. The second-order valence-corrected chi connectivity index (χ2v) is 16.2. The van der Waals surface area contributed by atoms with Crippen LogP contribution in [0.5, 0.6) is 0 Å². The lowest BCUT2D eigenvalue weighted by atomic mass is 9.93. The molecule has 4 heteroatoms. The first-order chi connectivity index (χ1) is 11.7. The van der Waals surface area contributed by atoms with E-state index in [-0.39, 0.29) is 0 Å². The first-order valence-corrected chi connectivity index (χ1v) is 14.9. The molecule has 1 aromatic rings. The Morgan fingerprint density at radius 2 is 1.42 bits per heavy atom. The van der Waals surface area contributed by atoms with Crippen LogP contribution in [-0.2, 0) is 12.8 Å². The van der Waals surface area contributed by atoms with Crippen LogP contribution in [0.4, 0.5) is 11.4 Å². The maximum absolute atomic E-state index is 3.90. The van der Waals surface area contributed by atoms with Crippen LogP contribution in [0.3, 0.4) is 0 Å².